The lowest BCUT2D eigenvalue weighted by Gasteiger charge is -2.13. The summed E-state index contributed by atoms with van der Waals surface area (Å²) in [6, 6.07) is 7.85. The number of pyridine rings is 1. The van der Waals surface area contributed by atoms with Gasteiger partial charge in [-0.2, -0.15) is 0 Å². The molecule has 0 radical (unpaired) electrons. The molecule has 2 aromatic rings. The number of nitrogens with one attached hydrogen (secondary N) is 2. The first kappa shape index (κ1) is 15.0. The van der Waals surface area contributed by atoms with E-state index in [0.29, 0.717) is 5.56 Å². The molecule has 0 aliphatic rings. The van der Waals surface area contributed by atoms with Crippen LogP contribution in [0, 0.1) is 20.8 Å². The van der Waals surface area contributed by atoms with Crippen molar-refractivity contribution in [1.29, 1.82) is 0 Å². The Hall–Kier alpha value is -2.36. The molecular formula is C17H21N3O. The van der Waals surface area contributed by atoms with E-state index in [9.17, 15) is 4.79 Å². The molecular weight excluding hydrogens is 262 g/mol. The summed E-state index contributed by atoms with van der Waals surface area (Å²) in [5, 5.41) is 6.16. The van der Waals surface area contributed by atoms with Gasteiger partial charge in [0.1, 0.15) is 0 Å². The van der Waals surface area contributed by atoms with E-state index >= 15 is 0 Å². The average molecular weight is 283 g/mol. The number of nitrogens with zero attached hydrogens (tertiary/aromatic N) is 1. The molecule has 21 heavy (non-hydrogen) atoms. The van der Waals surface area contributed by atoms with Gasteiger partial charge in [0.05, 0.1) is 11.3 Å². The fourth-order valence-electron chi connectivity index (χ4n) is 2.22. The molecule has 2 N–H and O–H groups in total. The van der Waals surface area contributed by atoms with E-state index < -0.39 is 0 Å². The lowest BCUT2D eigenvalue weighted by Crippen LogP contribution is -2.16. The number of hydrogen-bond acceptors (Lipinski definition) is 3. The largest absolute Gasteiger partial charge is 0.385 e. The minimum atomic E-state index is -0.148. The smallest absolute Gasteiger partial charge is 0.259 e. The Labute approximate surface area is 125 Å². The average Bonchev–Trinajstić information content (AvgIpc) is 2.42. The van der Waals surface area contributed by atoms with E-state index in [1.165, 1.54) is 5.56 Å². The lowest BCUT2D eigenvalue weighted by atomic mass is 10.1. The van der Waals surface area contributed by atoms with Gasteiger partial charge >= 0.3 is 0 Å². The molecule has 0 aliphatic heterocycles. The van der Waals surface area contributed by atoms with Crippen LogP contribution in [0.15, 0.2) is 30.5 Å². The number of amides is 1. The first-order valence-electron chi connectivity index (χ1n) is 7.10. The molecule has 0 unspecified atom stereocenters. The standard InChI is InChI=1S/C17H21N3O/c1-5-18-16-9-13(4)19-10-14(16)17(21)20-15-7-6-11(2)8-12(15)3/h6-10H,5H2,1-4H3,(H,18,19)(H,20,21). The number of benzene rings is 1. The maximum absolute atomic E-state index is 12.5. The van der Waals surface area contributed by atoms with Crippen molar-refractivity contribution in [2.24, 2.45) is 0 Å². The molecule has 1 heterocycles. The molecule has 1 aromatic carbocycles. The van der Waals surface area contributed by atoms with Gasteiger partial charge in [-0.05, 0) is 45.4 Å². The third kappa shape index (κ3) is 3.60. The third-order valence-electron chi connectivity index (χ3n) is 3.28. The first-order valence-corrected chi connectivity index (χ1v) is 7.10. The Bertz CT molecular complexity index is 665. The highest BCUT2D eigenvalue weighted by Crippen LogP contribution is 2.20. The van der Waals surface area contributed by atoms with Crippen LogP contribution in [0.4, 0.5) is 11.4 Å². The summed E-state index contributed by atoms with van der Waals surface area (Å²) in [5.41, 5.74) is 5.31. The van der Waals surface area contributed by atoms with Crippen LogP contribution in [0.3, 0.4) is 0 Å². The highest BCUT2D eigenvalue weighted by molar-refractivity contribution is 6.08. The molecule has 1 aromatic heterocycles. The number of anilines is 2. The monoisotopic (exact) mass is 283 g/mol. The van der Waals surface area contributed by atoms with Gasteiger partial charge in [-0.25, -0.2) is 0 Å². The van der Waals surface area contributed by atoms with Crippen LogP contribution in [0.2, 0.25) is 0 Å². The number of aromatic nitrogens is 1. The quantitative estimate of drug-likeness (QED) is 0.899. The summed E-state index contributed by atoms with van der Waals surface area (Å²) >= 11 is 0. The highest BCUT2D eigenvalue weighted by Gasteiger charge is 2.13. The summed E-state index contributed by atoms with van der Waals surface area (Å²) < 4.78 is 0. The van der Waals surface area contributed by atoms with Crippen LogP contribution < -0.4 is 10.6 Å². The normalized spacial score (nSPS) is 10.3. The van der Waals surface area contributed by atoms with E-state index in [2.05, 4.69) is 15.6 Å². The molecule has 4 heteroatoms. The Balaban J connectivity index is 2.28. The van der Waals surface area contributed by atoms with Crippen LogP contribution in [0.1, 0.15) is 34.1 Å². The fraction of sp³-hybridized carbons (Fsp3) is 0.294. The van der Waals surface area contributed by atoms with Gasteiger partial charge in [-0.15, -0.1) is 0 Å². The molecule has 1 amide bonds. The molecule has 0 saturated heterocycles. The van der Waals surface area contributed by atoms with Crippen LogP contribution in [-0.4, -0.2) is 17.4 Å². The molecule has 0 spiro atoms. The number of carbonyl (C=O) groups excluding carboxylic acids is 1. The Morgan fingerprint density at radius 3 is 2.57 bits per heavy atom. The minimum absolute atomic E-state index is 0.148. The maximum atomic E-state index is 12.5. The summed E-state index contributed by atoms with van der Waals surface area (Å²) in [6.07, 6.45) is 1.62. The van der Waals surface area contributed by atoms with Crippen molar-refractivity contribution in [3.8, 4) is 0 Å². The van der Waals surface area contributed by atoms with Crippen molar-refractivity contribution in [3.05, 3.63) is 52.8 Å². The predicted molar refractivity (Wildman–Crippen MR) is 87.0 cm³/mol. The molecule has 0 atom stereocenters. The van der Waals surface area contributed by atoms with Gasteiger partial charge in [-0.1, -0.05) is 17.7 Å². The SMILES string of the molecule is CCNc1cc(C)ncc1C(=O)Nc1ccc(C)cc1C. The van der Waals surface area contributed by atoms with Gasteiger partial charge in [0.2, 0.25) is 0 Å². The van der Waals surface area contributed by atoms with E-state index in [1.54, 1.807) is 6.20 Å². The molecule has 0 saturated carbocycles. The molecule has 0 fully saturated rings. The number of aryl methyl sites for hydroxylation is 3. The van der Waals surface area contributed by atoms with Gasteiger partial charge in [-0.3, -0.25) is 9.78 Å². The fourth-order valence-corrected chi connectivity index (χ4v) is 2.22. The van der Waals surface area contributed by atoms with Crippen LogP contribution >= 0.6 is 0 Å². The summed E-state index contributed by atoms with van der Waals surface area (Å²) in [6.45, 7) is 8.69. The maximum Gasteiger partial charge on any atom is 0.259 e. The topological polar surface area (TPSA) is 54.0 Å². The molecule has 0 bridgehead atoms. The second-order valence-electron chi connectivity index (χ2n) is 5.17. The molecule has 4 nitrogen and oxygen atoms in total. The number of hydrogen-bond donors (Lipinski definition) is 2. The Kier molecular flexibility index (Phi) is 4.58. The zero-order valence-electron chi connectivity index (χ0n) is 12.9. The van der Waals surface area contributed by atoms with E-state index in [0.717, 1.165) is 29.2 Å². The first-order chi connectivity index (χ1) is 10.0. The van der Waals surface area contributed by atoms with Crippen LogP contribution in [0.5, 0.6) is 0 Å². The zero-order chi connectivity index (χ0) is 15.4. The van der Waals surface area contributed by atoms with Crippen molar-refractivity contribution in [2.75, 3.05) is 17.2 Å². The second-order valence-corrected chi connectivity index (χ2v) is 5.17. The van der Waals surface area contributed by atoms with Crippen molar-refractivity contribution in [3.63, 3.8) is 0 Å². The zero-order valence-corrected chi connectivity index (χ0v) is 12.9. The Morgan fingerprint density at radius 2 is 1.90 bits per heavy atom. The summed E-state index contributed by atoms with van der Waals surface area (Å²) in [5.74, 6) is -0.148. The van der Waals surface area contributed by atoms with Crippen molar-refractivity contribution in [1.82, 2.24) is 4.98 Å². The highest BCUT2D eigenvalue weighted by atomic mass is 16.1. The van der Waals surface area contributed by atoms with E-state index in [-0.39, 0.29) is 5.91 Å². The van der Waals surface area contributed by atoms with E-state index in [1.807, 2.05) is 52.0 Å². The van der Waals surface area contributed by atoms with Crippen LogP contribution in [-0.2, 0) is 0 Å². The van der Waals surface area contributed by atoms with Crippen molar-refractivity contribution in [2.45, 2.75) is 27.7 Å². The van der Waals surface area contributed by atoms with Crippen molar-refractivity contribution >= 4 is 17.3 Å². The third-order valence-corrected chi connectivity index (χ3v) is 3.28. The predicted octanol–water partition coefficient (Wildman–Crippen LogP) is 3.69. The summed E-state index contributed by atoms with van der Waals surface area (Å²) in [4.78, 5) is 16.7. The van der Waals surface area contributed by atoms with Gasteiger partial charge in [0, 0.05) is 24.1 Å². The van der Waals surface area contributed by atoms with Gasteiger partial charge in [0.15, 0.2) is 0 Å². The second kappa shape index (κ2) is 6.39. The van der Waals surface area contributed by atoms with Gasteiger partial charge in [0.25, 0.3) is 5.91 Å². The van der Waals surface area contributed by atoms with Crippen molar-refractivity contribution < 1.29 is 4.79 Å². The summed E-state index contributed by atoms with van der Waals surface area (Å²) in [7, 11) is 0. The van der Waals surface area contributed by atoms with Crippen LogP contribution in [0.25, 0.3) is 0 Å². The number of rotatable bonds is 4. The molecule has 110 valence electrons. The molecule has 2 rings (SSSR count). The Morgan fingerprint density at radius 1 is 1.14 bits per heavy atom. The van der Waals surface area contributed by atoms with Gasteiger partial charge < -0.3 is 10.6 Å². The van der Waals surface area contributed by atoms with E-state index in [4.69, 9.17) is 0 Å². The minimum Gasteiger partial charge on any atom is -0.385 e. The molecule has 0 aliphatic carbocycles. The lowest BCUT2D eigenvalue weighted by molar-refractivity contribution is 0.102. The number of carbonyl (C=O) groups is 1.